The van der Waals surface area contributed by atoms with E-state index < -0.39 is 0 Å². The normalized spacial score (nSPS) is 10.7. The van der Waals surface area contributed by atoms with Crippen LogP contribution in [0.5, 0.6) is 0 Å². The van der Waals surface area contributed by atoms with E-state index >= 15 is 0 Å². The number of hydrogen-bond acceptors (Lipinski definition) is 1. The third-order valence-electron chi connectivity index (χ3n) is 1.69. The minimum atomic E-state index is 0.905. The summed E-state index contributed by atoms with van der Waals surface area (Å²) >= 11 is 9.10. The van der Waals surface area contributed by atoms with E-state index in [1.165, 1.54) is 0 Å². The van der Waals surface area contributed by atoms with Crippen LogP contribution < -0.4 is 0 Å². The summed E-state index contributed by atoms with van der Waals surface area (Å²) in [6, 6.07) is 8.17. The summed E-state index contributed by atoms with van der Waals surface area (Å²) in [6.07, 6.45) is 0. The molecule has 0 atom stereocenters. The zero-order chi connectivity index (χ0) is 9.42. The minimum absolute atomic E-state index is 0.905. The van der Waals surface area contributed by atoms with Crippen molar-refractivity contribution in [2.45, 2.75) is 0 Å². The molecule has 0 spiro atoms. The highest BCUT2D eigenvalue weighted by Crippen LogP contribution is 2.24. The molecule has 1 heterocycles. The van der Waals surface area contributed by atoms with Crippen LogP contribution in [0.3, 0.4) is 0 Å². The lowest BCUT2D eigenvalue weighted by Gasteiger charge is -2.00. The number of pyridine rings is 1. The van der Waals surface area contributed by atoms with Crippen molar-refractivity contribution in [1.82, 2.24) is 4.98 Å². The predicted molar refractivity (Wildman–Crippen MR) is 69.9 cm³/mol. The Morgan fingerprint density at radius 1 is 1.15 bits per heavy atom. The monoisotopic (exact) mass is 411 g/mol. The second-order valence-corrected chi connectivity index (χ2v) is 5.43. The highest BCUT2D eigenvalue weighted by atomic mass is 127. The van der Waals surface area contributed by atoms with Gasteiger partial charge in [0.15, 0.2) is 0 Å². The maximum absolute atomic E-state index is 4.40. The van der Waals surface area contributed by atoms with Gasteiger partial charge in [-0.1, -0.05) is 15.9 Å². The average molecular weight is 413 g/mol. The van der Waals surface area contributed by atoms with Crippen LogP contribution in [0.25, 0.3) is 10.9 Å². The van der Waals surface area contributed by atoms with Gasteiger partial charge in [-0.3, -0.25) is 0 Å². The molecule has 4 heteroatoms. The zero-order valence-electron chi connectivity index (χ0n) is 6.39. The zero-order valence-corrected chi connectivity index (χ0v) is 11.7. The molecule has 66 valence electrons. The van der Waals surface area contributed by atoms with E-state index in [1.807, 2.05) is 12.1 Å². The first-order valence-electron chi connectivity index (χ1n) is 3.58. The van der Waals surface area contributed by atoms with E-state index in [2.05, 4.69) is 71.6 Å². The molecular formula is C9H4Br2IN. The summed E-state index contributed by atoms with van der Waals surface area (Å²) < 4.78 is 3.12. The fourth-order valence-corrected chi connectivity index (χ4v) is 2.24. The highest BCUT2D eigenvalue weighted by Gasteiger charge is 2.01. The quantitative estimate of drug-likeness (QED) is 0.462. The third kappa shape index (κ3) is 2.05. The van der Waals surface area contributed by atoms with Crippen molar-refractivity contribution in [2.75, 3.05) is 0 Å². The van der Waals surface area contributed by atoms with Gasteiger partial charge in [0.2, 0.25) is 0 Å². The van der Waals surface area contributed by atoms with Crippen LogP contribution in [0.4, 0.5) is 0 Å². The van der Waals surface area contributed by atoms with E-state index in [1.54, 1.807) is 0 Å². The molecule has 0 unspecified atom stereocenters. The Morgan fingerprint density at radius 2 is 1.92 bits per heavy atom. The Bertz CT molecular complexity index is 470. The number of rotatable bonds is 0. The lowest BCUT2D eigenvalue weighted by atomic mass is 10.2. The molecule has 0 saturated heterocycles. The number of hydrogen-bond donors (Lipinski definition) is 0. The minimum Gasteiger partial charge on any atom is -0.240 e. The first-order valence-corrected chi connectivity index (χ1v) is 6.24. The molecule has 0 N–H and O–H groups in total. The van der Waals surface area contributed by atoms with Crippen molar-refractivity contribution >= 4 is 65.4 Å². The fourth-order valence-electron chi connectivity index (χ4n) is 1.10. The topological polar surface area (TPSA) is 12.9 Å². The van der Waals surface area contributed by atoms with Gasteiger partial charge in [0.1, 0.15) is 4.60 Å². The van der Waals surface area contributed by atoms with Gasteiger partial charge in [0.25, 0.3) is 0 Å². The first kappa shape index (κ1) is 9.86. The maximum Gasteiger partial charge on any atom is 0.120 e. The van der Waals surface area contributed by atoms with Crippen LogP contribution >= 0.6 is 54.5 Å². The second kappa shape index (κ2) is 3.82. The summed E-state index contributed by atoms with van der Waals surface area (Å²) in [5.41, 5.74) is 1.01. The van der Waals surface area contributed by atoms with Crippen LogP contribution in [0.15, 0.2) is 33.3 Å². The van der Waals surface area contributed by atoms with Gasteiger partial charge in [-0.05, 0) is 62.8 Å². The summed E-state index contributed by atoms with van der Waals surface area (Å²) in [4.78, 5) is 4.40. The fraction of sp³-hybridized carbons (Fsp3) is 0. The Labute approximate surface area is 106 Å². The third-order valence-corrected chi connectivity index (χ3v) is 4.35. The molecule has 2 aromatic rings. The maximum atomic E-state index is 4.40. The number of fused-ring (bicyclic) bond motifs is 1. The molecule has 0 aliphatic rings. The van der Waals surface area contributed by atoms with Crippen LogP contribution in [0, 0.1) is 3.57 Å². The SMILES string of the molecule is Brc1ccc2nc(Br)c(I)cc2c1. The largest absolute Gasteiger partial charge is 0.240 e. The number of benzene rings is 1. The molecule has 1 aromatic heterocycles. The highest BCUT2D eigenvalue weighted by molar-refractivity contribution is 14.1. The van der Waals surface area contributed by atoms with Crippen LogP contribution in [0.2, 0.25) is 0 Å². The van der Waals surface area contributed by atoms with E-state index in [0.717, 1.165) is 23.5 Å². The average Bonchev–Trinajstić information content (AvgIpc) is 2.08. The first-order chi connectivity index (χ1) is 6.16. The molecule has 0 radical (unpaired) electrons. The summed E-state index contributed by atoms with van der Waals surface area (Å²) in [5.74, 6) is 0. The lowest BCUT2D eigenvalue weighted by Crippen LogP contribution is -1.83. The number of nitrogens with zero attached hydrogens (tertiary/aromatic N) is 1. The van der Waals surface area contributed by atoms with Crippen molar-refractivity contribution in [3.05, 3.63) is 36.9 Å². The molecule has 0 fully saturated rings. The van der Waals surface area contributed by atoms with Gasteiger partial charge < -0.3 is 0 Å². The van der Waals surface area contributed by atoms with Gasteiger partial charge in [-0.2, -0.15) is 0 Å². The molecule has 0 amide bonds. The second-order valence-electron chi connectivity index (χ2n) is 2.60. The van der Waals surface area contributed by atoms with Crippen LogP contribution in [-0.4, -0.2) is 4.98 Å². The summed E-state index contributed by atoms with van der Waals surface area (Å²) in [6.45, 7) is 0. The Balaban J connectivity index is 2.81. The van der Waals surface area contributed by atoms with Crippen LogP contribution in [-0.2, 0) is 0 Å². The van der Waals surface area contributed by atoms with Gasteiger partial charge in [0, 0.05) is 13.4 Å². The Kier molecular flexibility index (Phi) is 2.90. The molecular weight excluding hydrogens is 409 g/mol. The molecule has 13 heavy (non-hydrogen) atoms. The number of halogens is 3. The van der Waals surface area contributed by atoms with Gasteiger partial charge in [-0.25, -0.2) is 4.98 Å². The van der Waals surface area contributed by atoms with Gasteiger partial charge in [-0.15, -0.1) is 0 Å². The van der Waals surface area contributed by atoms with Crippen molar-refractivity contribution in [3.63, 3.8) is 0 Å². The van der Waals surface area contributed by atoms with E-state index in [-0.39, 0.29) is 0 Å². The molecule has 0 saturated carbocycles. The molecule has 0 aliphatic heterocycles. The van der Waals surface area contributed by atoms with E-state index in [0.29, 0.717) is 0 Å². The molecule has 1 nitrogen and oxygen atoms in total. The molecule has 2 rings (SSSR count). The Hall–Kier alpha value is 0.320. The summed E-state index contributed by atoms with van der Waals surface area (Å²) in [7, 11) is 0. The van der Waals surface area contributed by atoms with E-state index in [4.69, 9.17) is 0 Å². The smallest absolute Gasteiger partial charge is 0.120 e. The number of aromatic nitrogens is 1. The molecule has 0 bridgehead atoms. The Morgan fingerprint density at radius 3 is 2.69 bits per heavy atom. The van der Waals surface area contributed by atoms with Crippen molar-refractivity contribution in [2.24, 2.45) is 0 Å². The van der Waals surface area contributed by atoms with Gasteiger partial charge in [0.05, 0.1) is 5.52 Å². The van der Waals surface area contributed by atoms with Gasteiger partial charge >= 0.3 is 0 Å². The lowest BCUT2D eigenvalue weighted by molar-refractivity contribution is 1.32. The van der Waals surface area contributed by atoms with Crippen LogP contribution in [0.1, 0.15) is 0 Å². The molecule has 0 aliphatic carbocycles. The standard InChI is InChI=1S/C9H4Br2IN/c10-6-1-2-8-5(3-6)4-7(12)9(11)13-8/h1-4H. The van der Waals surface area contributed by atoms with Crippen molar-refractivity contribution < 1.29 is 0 Å². The van der Waals surface area contributed by atoms with Crippen molar-refractivity contribution in [3.8, 4) is 0 Å². The predicted octanol–water partition coefficient (Wildman–Crippen LogP) is 4.36. The van der Waals surface area contributed by atoms with E-state index in [9.17, 15) is 0 Å². The van der Waals surface area contributed by atoms with Crippen molar-refractivity contribution in [1.29, 1.82) is 0 Å². The summed E-state index contributed by atoms with van der Waals surface area (Å²) in [5, 5.41) is 1.15. The molecule has 1 aromatic carbocycles.